The van der Waals surface area contributed by atoms with Crippen molar-refractivity contribution in [3.63, 3.8) is 0 Å². The summed E-state index contributed by atoms with van der Waals surface area (Å²) in [5.74, 6) is -0.758. The predicted molar refractivity (Wildman–Crippen MR) is 53.9 cm³/mol. The number of nitrogens with zero attached hydrogens (tertiary/aromatic N) is 1. The zero-order chi connectivity index (χ0) is 10.5. The number of carboxylic acid groups (broad SMARTS) is 1. The third-order valence-corrected chi connectivity index (χ3v) is 2.57. The Morgan fingerprint density at radius 2 is 1.92 bits per heavy atom. The number of likely N-dealkylation sites (N-methyl/N-ethyl adjacent to an activating group) is 1. The Labute approximate surface area is 80.7 Å². The summed E-state index contributed by atoms with van der Waals surface area (Å²) in [4.78, 5) is 12.7. The van der Waals surface area contributed by atoms with Crippen molar-refractivity contribution in [3.8, 4) is 0 Å². The second-order valence-corrected chi connectivity index (χ2v) is 3.99. The van der Waals surface area contributed by atoms with Gasteiger partial charge in [-0.1, -0.05) is 19.8 Å². The van der Waals surface area contributed by atoms with Crippen molar-refractivity contribution in [1.82, 2.24) is 4.90 Å². The summed E-state index contributed by atoms with van der Waals surface area (Å²) in [5.41, 5.74) is -0.742. The SMILES string of the molecule is CCCCCN(C)C(C)(C)C(=O)O. The van der Waals surface area contributed by atoms with Gasteiger partial charge in [-0.3, -0.25) is 9.69 Å². The Kier molecular flexibility index (Phi) is 4.99. The number of carbonyl (C=O) groups is 1. The highest BCUT2D eigenvalue weighted by molar-refractivity contribution is 5.77. The predicted octanol–water partition coefficient (Wildman–Crippen LogP) is 1.97. The molecule has 0 saturated carbocycles. The van der Waals surface area contributed by atoms with Gasteiger partial charge >= 0.3 is 5.97 Å². The lowest BCUT2D eigenvalue weighted by Crippen LogP contribution is -2.48. The first-order chi connectivity index (χ1) is 5.92. The van der Waals surface area contributed by atoms with Gasteiger partial charge in [-0.15, -0.1) is 0 Å². The molecule has 0 spiro atoms. The fraction of sp³-hybridized carbons (Fsp3) is 0.900. The van der Waals surface area contributed by atoms with Crippen molar-refractivity contribution < 1.29 is 9.90 Å². The third kappa shape index (κ3) is 3.77. The highest BCUT2D eigenvalue weighted by Crippen LogP contribution is 2.13. The molecule has 0 atom stereocenters. The van der Waals surface area contributed by atoms with Crippen LogP contribution in [0.2, 0.25) is 0 Å². The van der Waals surface area contributed by atoms with E-state index in [0.29, 0.717) is 0 Å². The van der Waals surface area contributed by atoms with Crippen molar-refractivity contribution in [2.24, 2.45) is 0 Å². The van der Waals surface area contributed by atoms with Gasteiger partial charge < -0.3 is 5.11 Å². The van der Waals surface area contributed by atoms with Crippen molar-refractivity contribution in [3.05, 3.63) is 0 Å². The molecule has 3 heteroatoms. The third-order valence-electron chi connectivity index (χ3n) is 2.57. The van der Waals surface area contributed by atoms with Gasteiger partial charge in [0.05, 0.1) is 0 Å². The number of hydrogen-bond acceptors (Lipinski definition) is 2. The molecule has 0 radical (unpaired) electrons. The number of rotatable bonds is 6. The van der Waals surface area contributed by atoms with Crippen LogP contribution in [0, 0.1) is 0 Å². The van der Waals surface area contributed by atoms with Gasteiger partial charge in [-0.05, 0) is 33.9 Å². The van der Waals surface area contributed by atoms with E-state index < -0.39 is 11.5 Å². The molecule has 0 aliphatic carbocycles. The highest BCUT2D eigenvalue weighted by atomic mass is 16.4. The Hall–Kier alpha value is -0.570. The van der Waals surface area contributed by atoms with Gasteiger partial charge in [0.25, 0.3) is 0 Å². The molecule has 1 N–H and O–H groups in total. The Morgan fingerprint density at radius 3 is 2.31 bits per heavy atom. The fourth-order valence-electron chi connectivity index (χ4n) is 1.04. The second kappa shape index (κ2) is 5.22. The van der Waals surface area contributed by atoms with Gasteiger partial charge in [0, 0.05) is 0 Å². The minimum atomic E-state index is -0.758. The monoisotopic (exact) mass is 187 g/mol. The molecule has 0 saturated heterocycles. The Balaban J connectivity index is 3.94. The second-order valence-electron chi connectivity index (χ2n) is 3.99. The first-order valence-corrected chi connectivity index (χ1v) is 4.87. The molecular formula is C10H21NO2. The number of carboxylic acids is 1. The normalized spacial score (nSPS) is 12.1. The molecule has 0 bridgehead atoms. The van der Waals surface area contributed by atoms with Crippen LogP contribution in [-0.2, 0) is 4.79 Å². The summed E-state index contributed by atoms with van der Waals surface area (Å²) in [5, 5.41) is 8.93. The smallest absolute Gasteiger partial charge is 0.323 e. The van der Waals surface area contributed by atoms with Gasteiger partial charge in [-0.2, -0.15) is 0 Å². The first kappa shape index (κ1) is 12.4. The maximum atomic E-state index is 10.9. The summed E-state index contributed by atoms with van der Waals surface area (Å²) in [6.07, 6.45) is 3.41. The molecule has 0 aromatic heterocycles. The molecule has 0 heterocycles. The van der Waals surface area contributed by atoms with Crippen LogP contribution < -0.4 is 0 Å². The van der Waals surface area contributed by atoms with E-state index in [0.717, 1.165) is 13.0 Å². The molecule has 0 aromatic carbocycles. The summed E-state index contributed by atoms with van der Waals surface area (Å²) < 4.78 is 0. The van der Waals surface area contributed by atoms with E-state index in [9.17, 15) is 4.79 Å². The molecule has 3 nitrogen and oxygen atoms in total. The van der Waals surface area contributed by atoms with E-state index in [-0.39, 0.29) is 0 Å². The molecule has 13 heavy (non-hydrogen) atoms. The van der Waals surface area contributed by atoms with Gasteiger partial charge in [0.1, 0.15) is 5.54 Å². The van der Waals surface area contributed by atoms with Crippen LogP contribution in [0.25, 0.3) is 0 Å². The molecule has 78 valence electrons. The van der Waals surface area contributed by atoms with Crippen LogP contribution >= 0.6 is 0 Å². The van der Waals surface area contributed by atoms with Crippen LogP contribution in [-0.4, -0.2) is 35.1 Å². The van der Waals surface area contributed by atoms with Gasteiger partial charge in [-0.25, -0.2) is 0 Å². The fourth-order valence-corrected chi connectivity index (χ4v) is 1.04. The van der Waals surface area contributed by atoms with Gasteiger partial charge in [0.15, 0.2) is 0 Å². The van der Waals surface area contributed by atoms with Crippen molar-refractivity contribution in [1.29, 1.82) is 0 Å². The van der Waals surface area contributed by atoms with E-state index in [1.807, 2.05) is 11.9 Å². The van der Waals surface area contributed by atoms with Crippen LogP contribution in [0.1, 0.15) is 40.0 Å². The lowest BCUT2D eigenvalue weighted by Gasteiger charge is -2.31. The van der Waals surface area contributed by atoms with Crippen molar-refractivity contribution in [2.75, 3.05) is 13.6 Å². The lowest BCUT2D eigenvalue weighted by atomic mass is 10.0. The molecule has 0 aromatic rings. The van der Waals surface area contributed by atoms with Crippen molar-refractivity contribution in [2.45, 2.75) is 45.6 Å². The topological polar surface area (TPSA) is 40.5 Å². The van der Waals surface area contributed by atoms with E-state index >= 15 is 0 Å². The van der Waals surface area contributed by atoms with E-state index in [4.69, 9.17) is 5.11 Å². The average molecular weight is 187 g/mol. The molecule has 0 rings (SSSR count). The maximum absolute atomic E-state index is 10.9. The molecule has 0 aliphatic rings. The zero-order valence-corrected chi connectivity index (χ0v) is 9.13. The maximum Gasteiger partial charge on any atom is 0.323 e. The molecule has 0 aliphatic heterocycles. The van der Waals surface area contributed by atoms with Gasteiger partial charge in [0.2, 0.25) is 0 Å². The number of hydrogen-bond donors (Lipinski definition) is 1. The average Bonchev–Trinajstić information content (AvgIpc) is 2.04. The van der Waals surface area contributed by atoms with E-state index in [2.05, 4.69) is 6.92 Å². The Morgan fingerprint density at radius 1 is 1.38 bits per heavy atom. The Bertz CT molecular complexity index is 166. The minimum absolute atomic E-state index is 0.742. The summed E-state index contributed by atoms with van der Waals surface area (Å²) in [7, 11) is 1.86. The lowest BCUT2D eigenvalue weighted by molar-refractivity contribution is -0.148. The highest BCUT2D eigenvalue weighted by Gasteiger charge is 2.31. The molecule has 0 unspecified atom stereocenters. The van der Waals surface area contributed by atoms with E-state index in [1.54, 1.807) is 13.8 Å². The van der Waals surface area contributed by atoms with E-state index in [1.165, 1.54) is 12.8 Å². The first-order valence-electron chi connectivity index (χ1n) is 4.87. The number of aliphatic carboxylic acids is 1. The molecular weight excluding hydrogens is 166 g/mol. The summed E-state index contributed by atoms with van der Waals surface area (Å²) >= 11 is 0. The zero-order valence-electron chi connectivity index (χ0n) is 9.13. The van der Waals surface area contributed by atoms with Crippen LogP contribution in [0.4, 0.5) is 0 Å². The summed E-state index contributed by atoms with van der Waals surface area (Å²) in [6, 6.07) is 0. The standard InChI is InChI=1S/C10H21NO2/c1-5-6-7-8-11(4)10(2,3)9(12)13/h5-8H2,1-4H3,(H,12,13). The minimum Gasteiger partial charge on any atom is -0.480 e. The summed E-state index contributed by atoms with van der Waals surface area (Å²) in [6.45, 7) is 6.47. The number of unbranched alkanes of at least 4 members (excludes halogenated alkanes) is 2. The van der Waals surface area contributed by atoms with Crippen LogP contribution in [0.15, 0.2) is 0 Å². The largest absolute Gasteiger partial charge is 0.480 e. The molecule has 0 amide bonds. The molecule has 0 fully saturated rings. The van der Waals surface area contributed by atoms with Crippen LogP contribution in [0.5, 0.6) is 0 Å². The van der Waals surface area contributed by atoms with Crippen LogP contribution in [0.3, 0.4) is 0 Å². The van der Waals surface area contributed by atoms with Crippen molar-refractivity contribution >= 4 is 5.97 Å². The quantitative estimate of drug-likeness (QED) is 0.646.